The van der Waals surface area contributed by atoms with Crippen LogP contribution in [-0.4, -0.2) is 48.5 Å². The van der Waals surface area contributed by atoms with Gasteiger partial charge in [-0.2, -0.15) is 4.99 Å². The molecule has 0 saturated heterocycles. The average molecular weight is 417 g/mol. The van der Waals surface area contributed by atoms with Crippen molar-refractivity contribution in [1.29, 1.82) is 0 Å². The minimum Gasteiger partial charge on any atom is -0.353 e. The molecule has 1 aromatic heterocycles. The molecule has 0 aliphatic heterocycles. The average Bonchev–Trinajstić information content (AvgIpc) is 2.99. The molecule has 0 aliphatic carbocycles. The second kappa shape index (κ2) is 9.14. The lowest BCUT2D eigenvalue weighted by molar-refractivity contribution is -0.121. The Hall–Kier alpha value is -2.48. The fourth-order valence-corrected chi connectivity index (χ4v) is 3.90. The van der Waals surface area contributed by atoms with Gasteiger partial charge < -0.3 is 14.8 Å². The Kier molecular flexibility index (Phi) is 6.61. The van der Waals surface area contributed by atoms with Gasteiger partial charge in [0.1, 0.15) is 6.54 Å². The van der Waals surface area contributed by atoms with E-state index in [1.165, 1.54) is 11.3 Å². The molecule has 8 heteroatoms. The zero-order valence-corrected chi connectivity index (χ0v) is 17.3. The lowest BCUT2D eigenvalue weighted by atomic mass is 10.2. The highest BCUT2D eigenvalue weighted by Gasteiger charge is 2.13. The summed E-state index contributed by atoms with van der Waals surface area (Å²) in [5.41, 5.74) is 1.20. The number of aromatic nitrogens is 1. The van der Waals surface area contributed by atoms with E-state index in [4.69, 9.17) is 11.6 Å². The first-order valence-electron chi connectivity index (χ1n) is 8.79. The van der Waals surface area contributed by atoms with Crippen LogP contribution in [-0.2, 0) is 11.3 Å². The summed E-state index contributed by atoms with van der Waals surface area (Å²) in [6, 6.07) is 14.5. The van der Waals surface area contributed by atoms with Crippen LogP contribution in [0.4, 0.5) is 0 Å². The summed E-state index contributed by atoms with van der Waals surface area (Å²) in [4.78, 5) is 31.8. The summed E-state index contributed by atoms with van der Waals surface area (Å²) in [6.07, 6.45) is 0. The van der Waals surface area contributed by atoms with Gasteiger partial charge in [-0.3, -0.25) is 9.59 Å². The minimum absolute atomic E-state index is 0.0894. The maximum atomic E-state index is 12.6. The van der Waals surface area contributed by atoms with Gasteiger partial charge in [0.2, 0.25) is 5.91 Å². The van der Waals surface area contributed by atoms with Gasteiger partial charge >= 0.3 is 0 Å². The number of hydrogen-bond donors (Lipinski definition) is 1. The van der Waals surface area contributed by atoms with Crippen LogP contribution in [0.25, 0.3) is 10.2 Å². The number of thiazole rings is 1. The highest BCUT2D eigenvalue weighted by molar-refractivity contribution is 7.16. The largest absolute Gasteiger partial charge is 0.353 e. The van der Waals surface area contributed by atoms with E-state index in [9.17, 15) is 9.59 Å². The van der Waals surface area contributed by atoms with Crippen molar-refractivity contribution in [2.45, 2.75) is 6.54 Å². The molecule has 0 fully saturated rings. The molecule has 0 atom stereocenters. The molecule has 1 N–H and O–H groups in total. The third kappa shape index (κ3) is 4.86. The zero-order valence-electron chi connectivity index (χ0n) is 15.7. The lowest BCUT2D eigenvalue weighted by Crippen LogP contribution is -2.35. The van der Waals surface area contributed by atoms with E-state index in [1.807, 2.05) is 43.3 Å². The second-order valence-electron chi connectivity index (χ2n) is 6.49. The highest BCUT2D eigenvalue weighted by atomic mass is 35.5. The molecule has 0 radical (unpaired) electrons. The Morgan fingerprint density at radius 2 is 1.86 bits per heavy atom. The molecule has 28 heavy (non-hydrogen) atoms. The van der Waals surface area contributed by atoms with E-state index in [1.54, 1.807) is 28.8 Å². The first-order valence-corrected chi connectivity index (χ1v) is 9.98. The van der Waals surface area contributed by atoms with Crippen molar-refractivity contribution in [3.63, 3.8) is 0 Å². The fourth-order valence-electron chi connectivity index (χ4n) is 2.66. The lowest BCUT2D eigenvalue weighted by Gasteiger charge is -2.11. The van der Waals surface area contributed by atoms with Gasteiger partial charge in [-0.15, -0.1) is 0 Å². The van der Waals surface area contributed by atoms with Crippen molar-refractivity contribution >= 4 is 45.0 Å². The number of rotatable bonds is 6. The van der Waals surface area contributed by atoms with Crippen molar-refractivity contribution in [1.82, 2.24) is 14.8 Å². The van der Waals surface area contributed by atoms with E-state index >= 15 is 0 Å². The zero-order chi connectivity index (χ0) is 20.1. The highest BCUT2D eigenvalue weighted by Crippen LogP contribution is 2.18. The van der Waals surface area contributed by atoms with Crippen molar-refractivity contribution in [2.75, 3.05) is 27.2 Å². The molecule has 0 unspecified atom stereocenters. The van der Waals surface area contributed by atoms with Crippen molar-refractivity contribution in [3.05, 3.63) is 63.9 Å². The van der Waals surface area contributed by atoms with Crippen LogP contribution in [0.15, 0.2) is 53.5 Å². The van der Waals surface area contributed by atoms with Crippen molar-refractivity contribution < 1.29 is 9.59 Å². The SMILES string of the molecule is CN(C)CCNC(=O)Cn1c(=NC(=O)c2ccccc2Cl)sc2ccccc21. The van der Waals surface area contributed by atoms with Crippen LogP contribution in [0.5, 0.6) is 0 Å². The van der Waals surface area contributed by atoms with E-state index in [-0.39, 0.29) is 12.5 Å². The van der Waals surface area contributed by atoms with E-state index in [0.717, 1.165) is 16.8 Å². The maximum Gasteiger partial charge on any atom is 0.281 e. The fraction of sp³-hybridized carbons (Fsp3) is 0.250. The van der Waals surface area contributed by atoms with Crippen LogP contribution in [0.2, 0.25) is 5.02 Å². The summed E-state index contributed by atoms with van der Waals surface area (Å²) in [5.74, 6) is -0.559. The molecule has 6 nitrogen and oxygen atoms in total. The van der Waals surface area contributed by atoms with Crippen LogP contribution in [0.1, 0.15) is 10.4 Å². The quantitative estimate of drug-likeness (QED) is 0.671. The number of nitrogens with zero attached hydrogens (tertiary/aromatic N) is 3. The van der Waals surface area contributed by atoms with Gasteiger partial charge in [0.05, 0.1) is 20.8 Å². The number of carbonyl (C=O) groups is 2. The Balaban J connectivity index is 1.94. The number of halogens is 1. The van der Waals surface area contributed by atoms with E-state index in [2.05, 4.69) is 10.3 Å². The second-order valence-corrected chi connectivity index (χ2v) is 7.90. The van der Waals surface area contributed by atoms with Gasteiger partial charge in [0, 0.05) is 13.1 Å². The number of para-hydroxylation sites is 1. The van der Waals surface area contributed by atoms with E-state index < -0.39 is 5.91 Å². The maximum absolute atomic E-state index is 12.6. The molecule has 0 aliphatic rings. The van der Waals surface area contributed by atoms with Crippen LogP contribution >= 0.6 is 22.9 Å². The monoisotopic (exact) mass is 416 g/mol. The van der Waals surface area contributed by atoms with Gasteiger partial charge in [-0.1, -0.05) is 47.2 Å². The van der Waals surface area contributed by atoms with Crippen molar-refractivity contribution in [2.24, 2.45) is 4.99 Å². The Morgan fingerprint density at radius 3 is 2.61 bits per heavy atom. The molecule has 0 saturated carbocycles. The number of nitrogens with one attached hydrogen (secondary N) is 1. The molecule has 2 amide bonds. The summed E-state index contributed by atoms with van der Waals surface area (Å²) < 4.78 is 2.72. The molecule has 3 aromatic rings. The number of likely N-dealkylation sites (N-methyl/N-ethyl adjacent to an activating group) is 1. The number of amides is 2. The van der Waals surface area contributed by atoms with Gasteiger partial charge in [-0.25, -0.2) is 0 Å². The number of carbonyl (C=O) groups excluding carboxylic acids is 2. The smallest absolute Gasteiger partial charge is 0.281 e. The molecule has 3 rings (SSSR count). The summed E-state index contributed by atoms with van der Waals surface area (Å²) in [7, 11) is 3.90. The number of hydrogen-bond acceptors (Lipinski definition) is 4. The van der Waals surface area contributed by atoms with Crippen LogP contribution in [0.3, 0.4) is 0 Å². The Bertz CT molecular complexity index is 1070. The minimum atomic E-state index is -0.432. The Labute approximate surface area is 172 Å². The first kappa shape index (κ1) is 20.3. The summed E-state index contributed by atoms with van der Waals surface area (Å²) >= 11 is 7.49. The summed E-state index contributed by atoms with van der Waals surface area (Å²) in [6.45, 7) is 1.40. The van der Waals surface area contributed by atoms with Gasteiger partial charge in [0.25, 0.3) is 5.91 Å². The van der Waals surface area contributed by atoms with Gasteiger partial charge in [-0.05, 0) is 38.4 Å². The number of fused-ring (bicyclic) bond motifs is 1. The third-order valence-corrected chi connectivity index (χ3v) is 5.46. The topological polar surface area (TPSA) is 66.7 Å². The predicted octanol–water partition coefficient (Wildman–Crippen LogP) is 2.78. The molecule has 0 spiro atoms. The normalized spacial score (nSPS) is 11.9. The third-order valence-electron chi connectivity index (χ3n) is 4.07. The van der Waals surface area contributed by atoms with E-state index in [0.29, 0.717) is 21.9 Å². The molecular formula is C20H21ClN4O2S. The standard InChI is InChI=1S/C20H21ClN4O2S/c1-24(2)12-11-22-18(26)13-25-16-9-5-6-10-17(16)28-20(25)23-19(27)14-7-3-4-8-15(14)21/h3-10H,11-13H2,1-2H3,(H,22,26). The van der Waals surface area contributed by atoms with Gasteiger partial charge in [0.15, 0.2) is 4.80 Å². The molecular weight excluding hydrogens is 396 g/mol. The van der Waals surface area contributed by atoms with Crippen molar-refractivity contribution in [3.8, 4) is 0 Å². The van der Waals surface area contributed by atoms with Crippen LogP contribution < -0.4 is 10.1 Å². The number of benzene rings is 2. The summed E-state index contributed by atoms with van der Waals surface area (Å²) in [5, 5.41) is 3.25. The Morgan fingerprint density at radius 1 is 1.14 bits per heavy atom. The molecule has 146 valence electrons. The predicted molar refractivity (Wildman–Crippen MR) is 113 cm³/mol. The molecule has 2 aromatic carbocycles. The first-order chi connectivity index (χ1) is 13.5. The van der Waals surface area contributed by atoms with Crippen LogP contribution in [0, 0.1) is 0 Å². The molecule has 0 bridgehead atoms. The molecule has 1 heterocycles.